The molecule has 0 amide bonds. The van der Waals surface area contributed by atoms with Crippen molar-refractivity contribution >= 4 is 98.2 Å². The molecule has 5 heteroatoms. The summed E-state index contributed by atoms with van der Waals surface area (Å²) in [6, 6.07) is 44.3. The number of halogens is 1. The van der Waals surface area contributed by atoms with E-state index in [1.807, 2.05) is 6.07 Å². The van der Waals surface area contributed by atoms with Crippen LogP contribution in [0.1, 0.15) is 52.7 Å². The highest BCUT2D eigenvalue weighted by atomic mass is 79.9. The SMILES string of the molecule is CC(C)(C)c1ccc(N(c2cccc(-n3c4c(Br)cccc4c4ccc5c6ccccc6oc5c43)c2)c2csc3ccc(C(C)(C)C)cc23)cc1. The first-order valence-corrected chi connectivity index (χ1v) is 19.2. The summed E-state index contributed by atoms with van der Waals surface area (Å²) in [7, 11) is 0. The molecule has 9 aromatic rings. The van der Waals surface area contributed by atoms with Crippen molar-refractivity contribution < 1.29 is 4.42 Å². The molecule has 3 heterocycles. The lowest BCUT2D eigenvalue weighted by molar-refractivity contribution is 0.590. The zero-order chi connectivity index (χ0) is 35.2. The van der Waals surface area contributed by atoms with E-state index in [0.29, 0.717) is 0 Å². The first-order chi connectivity index (χ1) is 24.5. The molecule has 0 atom stereocenters. The summed E-state index contributed by atoms with van der Waals surface area (Å²) in [4.78, 5) is 2.43. The highest BCUT2D eigenvalue weighted by Crippen LogP contribution is 2.46. The third-order valence-corrected chi connectivity index (χ3v) is 11.8. The molecule has 0 aliphatic heterocycles. The Hall–Kier alpha value is -4.84. The highest BCUT2D eigenvalue weighted by molar-refractivity contribution is 9.10. The van der Waals surface area contributed by atoms with Gasteiger partial charge in [0.1, 0.15) is 5.58 Å². The first kappa shape index (κ1) is 32.1. The maximum absolute atomic E-state index is 6.68. The van der Waals surface area contributed by atoms with Gasteiger partial charge in [0.15, 0.2) is 5.58 Å². The van der Waals surface area contributed by atoms with E-state index >= 15 is 0 Å². The second-order valence-corrected chi connectivity index (χ2v) is 17.4. The maximum Gasteiger partial charge on any atom is 0.160 e. The molecule has 0 saturated heterocycles. The van der Waals surface area contributed by atoms with E-state index in [-0.39, 0.29) is 10.8 Å². The summed E-state index contributed by atoms with van der Waals surface area (Å²) < 4.78 is 11.4. The number of para-hydroxylation sites is 2. The van der Waals surface area contributed by atoms with Gasteiger partial charge in [0.05, 0.1) is 16.7 Å². The summed E-state index contributed by atoms with van der Waals surface area (Å²) in [5, 5.41) is 8.17. The summed E-state index contributed by atoms with van der Waals surface area (Å²) in [6.45, 7) is 13.7. The van der Waals surface area contributed by atoms with Crippen molar-refractivity contribution in [1.82, 2.24) is 4.57 Å². The number of anilines is 3. The fourth-order valence-electron chi connectivity index (χ4n) is 7.51. The number of rotatable bonds is 4. The molecule has 0 aliphatic rings. The van der Waals surface area contributed by atoms with Gasteiger partial charge >= 0.3 is 0 Å². The number of furan rings is 1. The standard InChI is InChI=1S/C46H39BrN2OS/c1-45(2,3)28-17-20-30(21-18-28)48(39-27-51-41-24-19-29(25-37(39)41)46(4,5)6)31-11-9-12-32(26-31)49-42-34(14-10-15-38(42)47)35-22-23-36-33-13-7-8-16-40(33)50-44(36)43(35)49/h7-27H,1-6H3. The number of nitrogens with zero attached hydrogens (tertiary/aromatic N) is 2. The molecule has 3 aromatic heterocycles. The second kappa shape index (κ2) is 11.6. The Morgan fingerprint density at radius 1 is 0.588 bits per heavy atom. The summed E-state index contributed by atoms with van der Waals surface area (Å²) in [6.07, 6.45) is 0. The number of thiophene rings is 1. The van der Waals surface area contributed by atoms with Gasteiger partial charge in [-0.25, -0.2) is 0 Å². The molecule has 6 aromatic carbocycles. The minimum atomic E-state index is 0.0401. The van der Waals surface area contributed by atoms with Crippen LogP contribution in [0, 0.1) is 0 Å². The van der Waals surface area contributed by atoms with Crippen LogP contribution >= 0.6 is 27.3 Å². The van der Waals surface area contributed by atoms with Crippen molar-refractivity contribution in [3.8, 4) is 5.69 Å². The predicted octanol–water partition coefficient (Wildman–Crippen LogP) is 14.7. The van der Waals surface area contributed by atoms with E-state index < -0.39 is 0 Å². The Morgan fingerprint density at radius 2 is 1.27 bits per heavy atom. The van der Waals surface area contributed by atoms with Gasteiger partial charge in [0, 0.05) is 58.5 Å². The largest absolute Gasteiger partial charge is 0.454 e. The fraction of sp³-hybridized carbons (Fsp3) is 0.174. The Kier molecular flexibility index (Phi) is 7.29. The van der Waals surface area contributed by atoms with Gasteiger partial charge in [-0.1, -0.05) is 102 Å². The average Bonchev–Trinajstić information content (AvgIpc) is 3.80. The van der Waals surface area contributed by atoms with Crippen molar-refractivity contribution in [2.45, 2.75) is 52.4 Å². The molecular formula is C46H39BrN2OS. The molecule has 0 bridgehead atoms. The quantitative estimate of drug-likeness (QED) is 0.179. The van der Waals surface area contributed by atoms with Crippen LogP contribution in [-0.4, -0.2) is 4.57 Å². The van der Waals surface area contributed by atoms with Crippen molar-refractivity contribution in [3.05, 3.63) is 142 Å². The minimum Gasteiger partial charge on any atom is -0.454 e. The third kappa shape index (κ3) is 5.20. The third-order valence-electron chi connectivity index (χ3n) is 10.2. The van der Waals surface area contributed by atoms with Crippen LogP contribution in [0.4, 0.5) is 17.1 Å². The molecular weight excluding hydrogens is 708 g/mol. The van der Waals surface area contributed by atoms with Crippen LogP contribution in [0.5, 0.6) is 0 Å². The van der Waals surface area contributed by atoms with Crippen molar-refractivity contribution in [1.29, 1.82) is 0 Å². The smallest absolute Gasteiger partial charge is 0.160 e. The summed E-state index contributed by atoms with van der Waals surface area (Å²) >= 11 is 5.75. The molecule has 0 aliphatic carbocycles. The van der Waals surface area contributed by atoms with Gasteiger partial charge in [-0.2, -0.15) is 0 Å². The van der Waals surface area contributed by atoms with Crippen LogP contribution in [0.3, 0.4) is 0 Å². The van der Waals surface area contributed by atoms with Crippen LogP contribution in [0.2, 0.25) is 0 Å². The van der Waals surface area contributed by atoms with Crippen molar-refractivity contribution in [2.75, 3.05) is 4.90 Å². The van der Waals surface area contributed by atoms with E-state index in [4.69, 9.17) is 4.42 Å². The lowest BCUT2D eigenvalue weighted by atomic mass is 9.86. The first-order valence-electron chi connectivity index (χ1n) is 17.5. The minimum absolute atomic E-state index is 0.0401. The van der Waals surface area contributed by atoms with E-state index in [2.05, 4.69) is 188 Å². The molecule has 0 fully saturated rings. The van der Waals surface area contributed by atoms with Gasteiger partial charge in [-0.05, 0) is 98.6 Å². The Morgan fingerprint density at radius 3 is 2.06 bits per heavy atom. The molecule has 0 saturated carbocycles. The lowest BCUT2D eigenvalue weighted by Crippen LogP contribution is -2.13. The normalized spacial score (nSPS) is 12.6. The van der Waals surface area contributed by atoms with Crippen LogP contribution in [0.15, 0.2) is 136 Å². The van der Waals surface area contributed by atoms with Gasteiger partial charge < -0.3 is 13.9 Å². The van der Waals surface area contributed by atoms with E-state index in [0.717, 1.165) is 59.9 Å². The highest BCUT2D eigenvalue weighted by Gasteiger charge is 2.24. The number of benzene rings is 6. The van der Waals surface area contributed by atoms with E-state index in [1.54, 1.807) is 11.3 Å². The van der Waals surface area contributed by atoms with Crippen LogP contribution in [0.25, 0.3) is 59.5 Å². The van der Waals surface area contributed by atoms with Crippen LogP contribution < -0.4 is 4.90 Å². The Labute approximate surface area is 310 Å². The fourth-order valence-corrected chi connectivity index (χ4v) is 8.96. The molecule has 9 rings (SSSR count). The summed E-state index contributed by atoms with van der Waals surface area (Å²) in [5.74, 6) is 0. The van der Waals surface area contributed by atoms with Gasteiger partial charge in [0.2, 0.25) is 0 Å². The van der Waals surface area contributed by atoms with Crippen LogP contribution in [-0.2, 0) is 10.8 Å². The zero-order valence-electron chi connectivity index (χ0n) is 29.7. The molecule has 3 nitrogen and oxygen atoms in total. The maximum atomic E-state index is 6.68. The molecule has 51 heavy (non-hydrogen) atoms. The molecule has 252 valence electrons. The number of aromatic nitrogens is 1. The van der Waals surface area contributed by atoms with Gasteiger partial charge in [-0.3, -0.25) is 0 Å². The van der Waals surface area contributed by atoms with E-state index in [9.17, 15) is 0 Å². The monoisotopic (exact) mass is 746 g/mol. The molecule has 0 unspecified atom stereocenters. The van der Waals surface area contributed by atoms with Gasteiger partial charge in [0.25, 0.3) is 0 Å². The van der Waals surface area contributed by atoms with Crippen molar-refractivity contribution in [3.63, 3.8) is 0 Å². The molecule has 0 radical (unpaired) electrons. The second-order valence-electron chi connectivity index (χ2n) is 15.6. The Balaban J connectivity index is 1.32. The van der Waals surface area contributed by atoms with Crippen molar-refractivity contribution in [2.24, 2.45) is 0 Å². The average molecular weight is 748 g/mol. The number of hydrogen-bond donors (Lipinski definition) is 0. The zero-order valence-corrected chi connectivity index (χ0v) is 32.1. The molecule has 0 spiro atoms. The Bertz CT molecular complexity index is 2790. The summed E-state index contributed by atoms with van der Waals surface area (Å²) in [5.41, 5.74) is 11.2. The van der Waals surface area contributed by atoms with Gasteiger partial charge in [-0.15, -0.1) is 11.3 Å². The lowest BCUT2D eigenvalue weighted by Gasteiger charge is -2.27. The topological polar surface area (TPSA) is 21.3 Å². The predicted molar refractivity (Wildman–Crippen MR) is 223 cm³/mol. The number of fused-ring (bicyclic) bond motifs is 8. The molecule has 0 N–H and O–H groups in total. The number of hydrogen-bond acceptors (Lipinski definition) is 3. The van der Waals surface area contributed by atoms with E-state index in [1.165, 1.54) is 32.3 Å².